The Kier molecular flexibility index (Phi) is 7.66. The average molecular weight is 465 g/mol. The van der Waals surface area contributed by atoms with Crippen molar-refractivity contribution in [3.8, 4) is 0 Å². The molecular formula is C19H24N6O6S. The van der Waals surface area contributed by atoms with Crippen molar-refractivity contribution in [2.45, 2.75) is 30.2 Å². The zero-order chi connectivity index (χ0) is 23.1. The van der Waals surface area contributed by atoms with Crippen molar-refractivity contribution in [1.82, 2.24) is 14.6 Å². The summed E-state index contributed by atoms with van der Waals surface area (Å²) in [5.41, 5.74) is -0.623. The number of aromatic nitrogens is 1. The standard InChI is InChI=1S/C19H24N6O6S/c26-24(27)16-7-8-19(22-14-16)21-11-13-23(12-9-15-4-3-10-20-15)32(30,31)18-6-2-1-5-17(18)25(28)29/h1-2,5-8,14-15,20H,3-4,9-13H2,(H,21,22). The Labute approximate surface area is 185 Å². The van der Waals surface area contributed by atoms with Crippen LogP contribution in [0.25, 0.3) is 0 Å². The number of nitrogens with one attached hydrogen (secondary N) is 2. The Balaban J connectivity index is 1.75. The monoisotopic (exact) mass is 464 g/mol. The second-order valence-corrected chi connectivity index (χ2v) is 9.20. The SMILES string of the molecule is O=[N+]([O-])c1ccc(NCCN(CCC2CCCN2)S(=O)(=O)c2ccccc2[N+](=O)[O-])nc1. The molecule has 1 aromatic heterocycles. The van der Waals surface area contributed by atoms with Gasteiger partial charge in [0.15, 0.2) is 4.90 Å². The van der Waals surface area contributed by atoms with Gasteiger partial charge in [-0.2, -0.15) is 4.31 Å². The molecule has 0 aliphatic carbocycles. The van der Waals surface area contributed by atoms with Crippen LogP contribution in [0.5, 0.6) is 0 Å². The van der Waals surface area contributed by atoms with Crippen LogP contribution in [-0.4, -0.2) is 59.8 Å². The molecule has 2 N–H and O–H groups in total. The maximum Gasteiger partial charge on any atom is 0.289 e. The van der Waals surface area contributed by atoms with Crippen LogP contribution < -0.4 is 10.6 Å². The summed E-state index contributed by atoms with van der Waals surface area (Å²) < 4.78 is 27.8. The molecule has 12 nitrogen and oxygen atoms in total. The van der Waals surface area contributed by atoms with Crippen LogP contribution in [0.1, 0.15) is 19.3 Å². The molecule has 1 aliphatic rings. The second-order valence-electron chi connectivity index (χ2n) is 7.30. The van der Waals surface area contributed by atoms with E-state index in [0.29, 0.717) is 12.2 Å². The Bertz CT molecular complexity index is 1060. The predicted molar refractivity (Wildman–Crippen MR) is 117 cm³/mol. The number of nitrogens with zero attached hydrogens (tertiary/aromatic N) is 4. The first kappa shape index (κ1) is 23.5. The van der Waals surface area contributed by atoms with Gasteiger partial charge >= 0.3 is 0 Å². The molecule has 2 aromatic rings. The van der Waals surface area contributed by atoms with Crippen LogP contribution in [0.3, 0.4) is 0 Å². The second kappa shape index (κ2) is 10.4. The smallest absolute Gasteiger partial charge is 0.289 e. The first-order valence-corrected chi connectivity index (χ1v) is 11.5. The zero-order valence-electron chi connectivity index (χ0n) is 17.2. The fraction of sp³-hybridized carbons (Fsp3) is 0.421. The van der Waals surface area contributed by atoms with Crippen LogP contribution >= 0.6 is 0 Å². The van der Waals surface area contributed by atoms with Gasteiger partial charge in [-0.3, -0.25) is 20.2 Å². The fourth-order valence-electron chi connectivity index (χ4n) is 3.53. The Hall–Kier alpha value is -3.16. The number of nitro benzene ring substituents is 1. The third-order valence-corrected chi connectivity index (χ3v) is 7.14. The maximum atomic E-state index is 13.3. The fourth-order valence-corrected chi connectivity index (χ4v) is 5.14. The van der Waals surface area contributed by atoms with E-state index in [1.165, 1.54) is 40.7 Å². The minimum atomic E-state index is -4.13. The summed E-state index contributed by atoms with van der Waals surface area (Å²) in [5.74, 6) is 0.357. The molecule has 2 heterocycles. The lowest BCUT2D eigenvalue weighted by Crippen LogP contribution is -2.38. The number of sulfonamides is 1. The number of pyridine rings is 1. The van der Waals surface area contributed by atoms with Crippen molar-refractivity contribution in [1.29, 1.82) is 0 Å². The van der Waals surface area contributed by atoms with E-state index < -0.39 is 25.6 Å². The zero-order valence-corrected chi connectivity index (χ0v) is 18.0. The molecule has 1 aliphatic heterocycles. The van der Waals surface area contributed by atoms with E-state index in [0.717, 1.165) is 25.6 Å². The quantitative estimate of drug-likeness (QED) is 0.375. The molecule has 0 spiro atoms. The summed E-state index contributed by atoms with van der Waals surface area (Å²) in [4.78, 5) is 24.4. The normalized spacial score (nSPS) is 16.2. The third-order valence-electron chi connectivity index (χ3n) is 5.20. The minimum Gasteiger partial charge on any atom is -0.369 e. The highest BCUT2D eigenvalue weighted by Crippen LogP contribution is 2.27. The van der Waals surface area contributed by atoms with Gasteiger partial charge in [-0.25, -0.2) is 13.4 Å². The summed E-state index contributed by atoms with van der Waals surface area (Å²) in [5, 5.41) is 28.4. The molecular weight excluding hydrogens is 440 g/mol. The molecule has 1 fully saturated rings. The molecule has 1 unspecified atom stereocenters. The van der Waals surface area contributed by atoms with E-state index >= 15 is 0 Å². The third kappa shape index (κ3) is 5.75. The minimum absolute atomic E-state index is 0.0414. The molecule has 1 saturated heterocycles. The number of benzene rings is 1. The molecule has 0 saturated carbocycles. The Morgan fingerprint density at radius 3 is 2.53 bits per heavy atom. The molecule has 13 heteroatoms. The highest BCUT2D eigenvalue weighted by Gasteiger charge is 2.31. The van der Waals surface area contributed by atoms with Crippen molar-refractivity contribution in [2.75, 3.05) is 31.5 Å². The number of para-hydroxylation sites is 1. The van der Waals surface area contributed by atoms with E-state index in [-0.39, 0.29) is 36.3 Å². The molecule has 1 atom stereocenters. The first-order valence-electron chi connectivity index (χ1n) is 10.1. The molecule has 172 valence electrons. The molecule has 0 amide bonds. The highest BCUT2D eigenvalue weighted by atomic mass is 32.2. The van der Waals surface area contributed by atoms with E-state index in [1.807, 2.05) is 0 Å². The lowest BCUT2D eigenvalue weighted by atomic mass is 10.1. The Morgan fingerprint density at radius 1 is 1.12 bits per heavy atom. The van der Waals surface area contributed by atoms with Crippen molar-refractivity contribution in [2.24, 2.45) is 0 Å². The Morgan fingerprint density at radius 2 is 1.91 bits per heavy atom. The molecule has 1 aromatic carbocycles. The summed E-state index contributed by atoms with van der Waals surface area (Å²) in [6, 6.07) is 8.20. The number of rotatable bonds is 11. The van der Waals surface area contributed by atoms with E-state index in [1.54, 1.807) is 0 Å². The van der Waals surface area contributed by atoms with Gasteiger partial charge in [0, 0.05) is 37.8 Å². The van der Waals surface area contributed by atoms with E-state index in [4.69, 9.17) is 0 Å². The lowest BCUT2D eigenvalue weighted by molar-refractivity contribution is -0.387. The van der Waals surface area contributed by atoms with Crippen LogP contribution in [0, 0.1) is 20.2 Å². The van der Waals surface area contributed by atoms with Gasteiger partial charge in [-0.1, -0.05) is 12.1 Å². The predicted octanol–water partition coefficient (Wildman–Crippen LogP) is 2.14. The van der Waals surface area contributed by atoms with Crippen molar-refractivity contribution < 1.29 is 18.3 Å². The first-order chi connectivity index (χ1) is 15.3. The summed E-state index contributed by atoms with van der Waals surface area (Å²) >= 11 is 0. The number of hydrogen-bond acceptors (Lipinski definition) is 9. The van der Waals surface area contributed by atoms with Gasteiger partial charge in [0.2, 0.25) is 10.0 Å². The summed E-state index contributed by atoms with van der Waals surface area (Å²) in [7, 11) is -4.13. The molecule has 0 bridgehead atoms. The lowest BCUT2D eigenvalue weighted by Gasteiger charge is -2.24. The molecule has 32 heavy (non-hydrogen) atoms. The summed E-state index contributed by atoms with van der Waals surface area (Å²) in [6.07, 6.45) is 3.66. The van der Waals surface area contributed by atoms with Crippen LogP contribution in [0.2, 0.25) is 0 Å². The average Bonchev–Trinajstić information content (AvgIpc) is 3.30. The van der Waals surface area contributed by atoms with Crippen molar-refractivity contribution >= 4 is 27.2 Å². The van der Waals surface area contributed by atoms with E-state index in [2.05, 4.69) is 15.6 Å². The van der Waals surface area contributed by atoms with Crippen molar-refractivity contribution in [3.63, 3.8) is 0 Å². The summed E-state index contributed by atoms with van der Waals surface area (Å²) in [6.45, 7) is 1.29. The van der Waals surface area contributed by atoms with E-state index in [9.17, 15) is 28.6 Å². The van der Waals surface area contributed by atoms with Gasteiger partial charge in [0.05, 0.1) is 9.85 Å². The van der Waals surface area contributed by atoms with Crippen LogP contribution in [-0.2, 0) is 10.0 Å². The van der Waals surface area contributed by atoms with Crippen LogP contribution in [0.4, 0.5) is 17.2 Å². The number of nitro groups is 2. The van der Waals surface area contributed by atoms with Gasteiger partial charge in [0.1, 0.15) is 12.0 Å². The number of hydrogen-bond donors (Lipinski definition) is 2. The van der Waals surface area contributed by atoms with Gasteiger partial charge in [-0.05, 0) is 37.9 Å². The van der Waals surface area contributed by atoms with Gasteiger partial charge in [0.25, 0.3) is 11.4 Å². The maximum absolute atomic E-state index is 13.3. The topological polar surface area (TPSA) is 161 Å². The largest absolute Gasteiger partial charge is 0.369 e. The molecule has 3 rings (SSSR count). The van der Waals surface area contributed by atoms with Gasteiger partial charge in [-0.15, -0.1) is 0 Å². The molecule has 0 radical (unpaired) electrons. The van der Waals surface area contributed by atoms with Crippen LogP contribution in [0.15, 0.2) is 47.5 Å². The highest BCUT2D eigenvalue weighted by molar-refractivity contribution is 7.89. The number of anilines is 1. The van der Waals surface area contributed by atoms with Crippen molar-refractivity contribution in [3.05, 3.63) is 62.8 Å². The van der Waals surface area contributed by atoms with Gasteiger partial charge < -0.3 is 10.6 Å².